The number of carboxylic acids is 1. The van der Waals surface area contributed by atoms with Crippen LogP contribution in [-0.2, 0) is 9.59 Å². The Bertz CT molecular complexity index is 1130. The second kappa shape index (κ2) is 10.8. The monoisotopic (exact) mass is 535 g/mol. The maximum absolute atomic E-state index is 12.8. The van der Waals surface area contributed by atoms with Gasteiger partial charge < -0.3 is 19.3 Å². The van der Waals surface area contributed by atoms with Gasteiger partial charge in [-0.2, -0.15) is 0 Å². The van der Waals surface area contributed by atoms with E-state index in [-0.39, 0.29) is 34.8 Å². The fraction of sp³-hybridized carbons (Fsp3) is 0.261. The van der Waals surface area contributed by atoms with Gasteiger partial charge in [-0.25, -0.2) is 4.79 Å². The summed E-state index contributed by atoms with van der Waals surface area (Å²) in [4.78, 5) is 37.4. The first-order chi connectivity index (χ1) is 15.7. The van der Waals surface area contributed by atoms with E-state index >= 15 is 0 Å². The predicted octanol–water partition coefficient (Wildman–Crippen LogP) is 4.65. The van der Waals surface area contributed by atoms with Crippen molar-refractivity contribution in [3.05, 3.63) is 56.4 Å². The van der Waals surface area contributed by atoms with Gasteiger partial charge in [0.05, 0.1) is 23.0 Å². The van der Waals surface area contributed by atoms with E-state index in [9.17, 15) is 14.4 Å². The number of thioether (sulfide) groups is 1. The summed E-state index contributed by atoms with van der Waals surface area (Å²) in [5, 5.41) is 8.46. The molecule has 33 heavy (non-hydrogen) atoms. The number of amides is 2. The Balaban J connectivity index is 1.71. The van der Waals surface area contributed by atoms with Gasteiger partial charge in [0, 0.05) is 0 Å². The van der Waals surface area contributed by atoms with Gasteiger partial charge in [-0.15, -0.1) is 0 Å². The van der Waals surface area contributed by atoms with Crippen molar-refractivity contribution in [2.75, 3.05) is 26.9 Å². The molecule has 1 fully saturated rings. The lowest BCUT2D eigenvalue weighted by molar-refractivity contribution is -0.139. The molecular weight excluding hydrogens is 514 g/mol. The van der Waals surface area contributed by atoms with E-state index in [0.29, 0.717) is 10.0 Å². The number of hydrogen-bond donors (Lipinski definition) is 1. The Morgan fingerprint density at radius 3 is 2.61 bits per heavy atom. The lowest BCUT2D eigenvalue weighted by Gasteiger charge is -2.14. The largest absolute Gasteiger partial charge is 0.493 e. The van der Waals surface area contributed by atoms with Gasteiger partial charge in [-0.3, -0.25) is 14.5 Å². The summed E-state index contributed by atoms with van der Waals surface area (Å²) in [6.45, 7) is 3.68. The standard InChI is InChI=1S/C23H22BrNO7S/c1-13-4-5-14(2)17(8-13)31-7-6-25-22(28)19(33-23(25)29)11-15-9-16(24)21(18(10-15)30-3)32-12-20(26)27/h4-5,8-11H,6-7,12H2,1-3H3,(H,26,27)/b19-11-. The first kappa shape index (κ1) is 24.7. The highest BCUT2D eigenvalue weighted by molar-refractivity contribution is 9.10. The van der Waals surface area contributed by atoms with Crippen LogP contribution in [0.3, 0.4) is 0 Å². The van der Waals surface area contributed by atoms with Gasteiger partial charge >= 0.3 is 5.97 Å². The smallest absolute Gasteiger partial charge is 0.341 e. The molecule has 2 aromatic rings. The molecule has 1 heterocycles. The molecule has 174 valence electrons. The molecule has 1 saturated heterocycles. The quantitative estimate of drug-likeness (QED) is 0.462. The van der Waals surface area contributed by atoms with E-state index in [1.807, 2.05) is 32.0 Å². The lowest BCUT2D eigenvalue weighted by atomic mass is 10.1. The number of hydrogen-bond acceptors (Lipinski definition) is 7. The molecule has 0 spiro atoms. The second-order valence-corrected chi connectivity index (χ2v) is 9.01. The molecule has 10 heteroatoms. The molecular formula is C23H22BrNO7S. The summed E-state index contributed by atoms with van der Waals surface area (Å²) in [5.74, 6) is -0.287. The molecule has 0 bridgehead atoms. The van der Waals surface area contributed by atoms with Crippen molar-refractivity contribution >= 4 is 50.9 Å². The third kappa shape index (κ3) is 6.08. The molecule has 1 aliphatic rings. The summed E-state index contributed by atoms with van der Waals surface area (Å²) in [7, 11) is 1.42. The van der Waals surface area contributed by atoms with Crippen molar-refractivity contribution in [2.45, 2.75) is 13.8 Å². The molecule has 0 atom stereocenters. The normalized spacial score (nSPS) is 14.7. The Labute approximate surface area is 203 Å². The number of rotatable bonds is 9. The number of imide groups is 1. The highest BCUT2D eigenvalue weighted by atomic mass is 79.9. The van der Waals surface area contributed by atoms with Crippen LogP contribution in [-0.4, -0.2) is 54.0 Å². The molecule has 0 unspecified atom stereocenters. The van der Waals surface area contributed by atoms with Crippen LogP contribution in [0.4, 0.5) is 4.79 Å². The minimum atomic E-state index is -1.12. The van der Waals surface area contributed by atoms with Crippen LogP contribution in [0.5, 0.6) is 17.2 Å². The zero-order chi connectivity index (χ0) is 24.1. The minimum absolute atomic E-state index is 0.129. The Kier molecular flexibility index (Phi) is 8.04. The van der Waals surface area contributed by atoms with Crippen molar-refractivity contribution in [3.63, 3.8) is 0 Å². The fourth-order valence-corrected chi connectivity index (χ4v) is 4.49. The minimum Gasteiger partial charge on any atom is -0.493 e. The van der Waals surface area contributed by atoms with Crippen molar-refractivity contribution in [2.24, 2.45) is 0 Å². The SMILES string of the molecule is COc1cc(/C=C2\SC(=O)N(CCOc3cc(C)ccc3C)C2=O)cc(Br)c1OCC(=O)O. The first-order valence-electron chi connectivity index (χ1n) is 9.87. The Hall–Kier alpha value is -2.98. The van der Waals surface area contributed by atoms with E-state index in [1.54, 1.807) is 18.2 Å². The maximum atomic E-state index is 12.8. The Morgan fingerprint density at radius 2 is 1.91 bits per heavy atom. The van der Waals surface area contributed by atoms with E-state index in [4.69, 9.17) is 19.3 Å². The number of nitrogens with zero attached hydrogens (tertiary/aromatic N) is 1. The fourth-order valence-electron chi connectivity index (χ4n) is 3.05. The zero-order valence-electron chi connectivity index (χ0n) is 18.2. The zero-order valence-corrected chi connectivity index (χ0v) is 20.6. The van der Waals surface area contributed by atoms with Crippen molar-refractivity contribution < 1.29 is 33.7 Å². The molecule has 0 radical (unpaired) electrons. The van der Waals surface area contributed by atoms with Crippen molar-refractivity contribution in [1.29, 1.82) is 0 Å². The number of benzene rings is 2. The number of carboxylic acid groups (broad SMARTS) is 1. The molecule has 1 aliphatic heterocycles. The molecule has 8 nitrogen and oxygen atoms in total. The van der Waals surface area contributed by atoms with Crippen LogP contribution in [0.15, 0.2) is 39.7 Å². The van der Waals surface area contributed by atoms with Gasteiger partial charge in [0.1, 0.15) is 12.4 Å². The summed E-state index contributed by atoms with van der Waals surface area (Å²) in [5.41, 5.74) is 2.62. The molecule has 2 amide bonds. The van der Waals surface area contributed by atoms with Gasteiger partial charge in [-0.1, -0.05) is 12.1 Å². The molecule has 3 rings (SSSR count). The Morgan fingerprint density at radius 1 is 1.15 bits per heavy atom. The van der Waals surface area contributed by atoms with Crippen molar-refractivity contribution in [3.8, 4) is 17.2 Å². The molecule has 1 N–H and O–H groups in total. The van der Waals surface area contributed by atoms with Gasteiger partial charge in [0.25, 0.3) is 11.1 Å². The molecule has 0 saturated carbocycles. The van der Waals surface area contributed by atoms with Crippen LogP contribution in [0, 0.1) is 13.8 Å². The third-order valence-electron chi connectivity index (χ3n) is 4.68. The predicted molar refractivity (Wildman–Crippen MR) is 128 cm³/mol. The van der Waals surface area contributed by atoms with Crippen LogP contribution in [0.1, 0.15) is 16.7 Å². The maximum Gasteiger partial charge on any atom is 0.341 e. The van der Waals surface area contributed by atoms with E-state index < -0.39 is 18.5 Å². The highest BCUT2D eigenvalue weighted by Gasteiger charge is 2.35. The van der Waals surface area contributed by atoms with Crippen LogP contribution >= 0.6 is 27.7 Å². The summed E-state index contributed by atoms with van der Waals surface area (Å²) in [6.07, 6.45) is 1.57. The summed E-state index contributed by atoms with van der Waals surface area (Å²) in [6, 6.07) is 9.11. The average Bonchev–Trinajstić information content (AvgIpc) is 3.02. The van der Waals surface area contributed by atoms with Crippen molar-refractivity contribution in [1.82, 2.24) is 4.90 Å². The number of carbonyl (C=O) groups excluding carboxylic acids is 2. The van der Waals surface area contributed by atoms with Crippen LogP contribution < -0.4 is 14.2 Å². The van der Waals surface area contributed by atoms with Gasteiger partial charge in [-0.05, 0) is 82.5 Å². The molecule has 0 aromatic heterocycles. The van der Waals surface area contributed by atoms with Gasteiger partial charge in [0.2, 0.25) is 0 Å². The van der Waals surface area contributed by atoms with E-state index in [2.05, 4.69) is 15.9 Å². The van der Waals surface area contributed by atoms with Crippen LogP contribution in [0.25, 0.3) is 6.08 Å². The number of methoxy groups -OCH3 is 1. The third-order valence-corrected chi connectivity index (χ3v) is 6.18. The number of carbonyl (C=O) groups is 3. The number of ether oxygens (including phenoxy) is 3. The van der Waals surface area contributed by atoms with Crippen LogP contribution in [0.2, 0.25) is 0 Å². The van der Waals surface area contributed by atoms with E-state index in [1.165, 1.54) is 7.11 Å². The summed E-state index contributed by atoms with van der Waals surface area (Å²) >= 11 is 4.18. The first-order valence-corrected chi connectivity index (χ1v) is 11.5. The second-order valence-electron chi connectivity index (χ2n) is 7.17. The highest BCUT2D eigenvalue weighted by Crippen LogP contribution is 2.39. The number of halogens is 1. The molecule has 0 aliphatic carbocycles. The number of aryl methyl sites for hydroxylation is 2. The number of aliphatic carboxylic acids is 1. The lowest BCUT2D eigenvalue weighted by Crippen LogP contribution is -2.32. The van der Waals surface area contributed by atoms with Gasteiger partial charge in [0.15, 0.2) is 18.1 Å². The topological polar surface area (TPSA) is 102 Å². The average molecular weight is 536 g/mol. The molecule has 2 aromatic carbocycles. The summed E-state index contributed by atoms with van der Waals surface area (Å²) < 4.78 is 16.8. The van der Waals surface area contributed by atoms with E-state index in [0.717, 1.165) is 33.5 Å².